The Morgan fingerprint density at radius 3 is 2.17 bits per heavy atom. The average Bonchev–Trinajstić information content (AvgIpc) is 2.23. The molecule has 3 nitrogen and oxygen atoms in total. The molecule has 12 heavy (non-hydrogen) atoms. The predicted molar refractivity (Wildman–Crippen MR) is 48.8 cm³/mol. The van der Waals surface area contributed by atoms with Crippen LogP contribution in [0.3, 0.4) is 0 Å². The quantitative estimate of drug-likeness (QED) is 0.612. The van der Waals surface area contributed by atoms with E-state index < -0.39 is 18.3 Å². The first-order valence-electron chi connectivity index (χ1n) is 3.66. The van der Waals surface area contributed by atoms with Crippen LogP contribution in [-0.2, 0) is 0 Å². The zero-order valence-corrected chi connectivity index (χ0v) is 8.19. The van der Waals surface area contributed by atoms with Gasteiger partial charge in [-0.3, -0.25) is 0 Å². The summed E-state index contributed by atoms with van der Waals surface area (Å²) >= 11 is 3.11. The summed E-state index contributed by atoms with van der Waals surface area (Å²) in [5, 5.41) is 27.9. The Balaban J connectivity index is 2.96. The summed E-state index contributed by atoms with van der Waals surface area (Å²) in [6.07, 6.45) is 0.279. The Labute approximate surface area is 79.2 Å². The van der Waals surface area contributed by atoms with E-state index in [1.165, 1.54) is 0 Å². The second-order valence-corrected chi connectivity index (χ2v) is 3.54. The molecule has 0 amide bonds. The minimum absolute atomic E-state index is 0.459. The lowest BCUT2D eigenvalue weighted by Gasteiger charge is -2.11. The van der Waals surface area contributed by atoms with Crippen LogP contribution in [0.4, 0.5) is 0 Å². The molecule has 0 heterocycles. The monoisotopic (exact) mass is 234 g/mol. The molecular weight excluding hydrogens is 224 g/mol. The van der Waals surface area contributed by atoms with Crippen molar-refractivity contribution in [2.45, 2.75) is 25.2 Å². The number of hydrogen-bond donors (Lipinski definition) is 3. The van der Waals surface area contributed by atoms with Crippen LogP contribution in [0, 0.1) is 0 Å². The van der Waals surface area contributed by atoms with Gasteiger partial charge in [0.25, 0.3) is 0 Å². The molecule has 0 saturated heterocycles. The van der Waals surface area contributed by atoms with E-state index in [0.717, 1.165) is 0 Å². The normalized spacial score (nSPS) is 36.9. The van der Waals surface area contributed by atoms with E-state index in [0.29, 0.717) is 10.1 Å². The van der Waals surface area contributed by atoms with Crippen molar-refractivity contribution >= 4 is 15.9 Å². The molecule has 0 unspecified atom stereocenters. The van der Waals surface area contributed by atoms with E-state index in [-0.39, 0.29) is 0 Å². The third-order valence-corrected chi connectivity index (χ3v) is 2.77. The lowest BCUT2D eigenvalue weighted by Crippen LogP contribution is -2.31. The number of aliphatic hydroxyl groups excluding tert-OH is 3. The van der Waals surface area contributed by atoms with Crippen molar-refractivity contribution in [2.75, 3.05) is 0 Å². The van der Waals surface area contributed by atoms with Crippen LogP contribution in [0.1, 0.15) is 6.92 Å². The molecule has 0 aliphatic heterocycles. The zero-order valence-electron chi connectivity index (χ0n) is 6.61. The van der Waals surface area contributed by atoms with Crippen LogP contribution in [0.5, 0.6) is 0 Å². The highest BCUT2D eigenvalue weighted by Crippen LogP contribution is 2.32. The van der Waals surface area contributed by atoms with Gasteiger partial charge in [0.1, 0.15) is 18.3 Å². The van der Waals surface area contributed by atoms with E-state index in [2.05, 4.69) is 15.9 Å². The Bertz CT molecular complexity index is 234. The average molecular weight is 235 g/mol. The fraction of sp³-hybridized carbons (Fsp3) is 0.500. The smallest absolute Gasteiger partial charge is 0.115 e. The highest BCUT2D eigenvalue weighted by Gasteiger charge is 2.37. The van der Waals surface area contributed by atoms with Gasteiger partial charge >= 0.3 is 0 Å². The molecule has 0 radical (unpaired) electrons. The number of allylic oxidation sites excluding steroid dienone is 1. The predicted octanol–water partition coefficient (Wildman–Crippen LogP) is 0.308. The summed E-state index contributed by atoms with van der Waals surface area (Å²) in [5.74, 6) is 0. The van der Waals surface area contributed by atoms with Gasteiger partial charge in [0.05, 0.1) is 0 Å². The first-order chi connectivity index (χ1) is 5.59. The molecule has 3 N–H and O–H groups in total. The topological polar surface area (TPSA) is 60.7 Å². The summed E-state index contributed by atoms with van der Waals surface area (Å²) in [4.78, 5) is 0. The van der Waals surface area contributed by atoms with E-state index in [1.807, 2.05) is 0 Å². The SMILES string of the molecule is C/C=C/C1=C(Br)[C@@H](O)[C@@H](O)[C@@H]1O. The maximum absolute atomic E-state index is 9.38. The minimum atomic E-state index is -1.12. The second kappa shape index (κ2) is 3.70. The minimum Gasteiger partial charge on any atom is -0.387 e. The van der Waals surface area contributed by atoms with Gasteiger partial charge in [-0.1, -0.05) is 28.1 Å². The highest BCUT2D eigenvalue weighted by molar-refractivity contribution is 9.11. The maximum atomic E-state index is 9.38. The molecule has 3 atom stereocenters. The Kier molecular flexibility index (Phi) is 3.06. The van der Waals surface area contributed by atoms with Gasteiger partial charge in [-0.2, -0.15) is 0 Å². The first kappa shape index (κ1) is 9.92. The van der Waals surface area contributed by atoms with E-state index in [4.69, 9.17) is 0 Å². The standard InChI is InChI=1S/C8H11BrO3/c1-2-3-4-5(9)7(11)8(12)6(4)10/h2-3,6-8,10-12H,1H3/b3-2+/t6-,7-,8+/m1/s1. The second-order valence-electron chi connectivity index (χ2n) is 2.68. The number of hydrogen-bond acceptors (Lipinski definition) is 3. The summed E-state index contributed by atoms with van der Waals surface area (Å²) in [7, 11) is 0. The van der Waals surface area contributed by atoms with Crippen molar-refractivity contribution in [2.24, 2.45) is 0 Å². The van der Waals surface area contributed by atoms with Crippen molar-refractivity contribution in [3.8, 4) is 0 Å². The molecule has 4 heteroatoms. The third-order valence-electron chi connectivity index (χ3n) is 1.85. The van der Waals surface area contributed by atoms with E-state index >= 15 is 0 Å². The summed E-state index contributed by atoms with van der Waals surface area (Å²) in [5.41, 5.74) is 0.539. The number of halogens is 1. The fourth-order valence-corrected chi connectivity index (χ4v) is 1.81. The van der Waals surface area contributed by atoms with Crippen LogP contribution < -0.4 is 0 Å². The molecule has 0 aromatic heterocycles. The van der Waals surface area contributed by atoms with Crippen LogP contribution in [-0.4, -0.2) is 33.6 Å². The molecule has 0 aromatic rings. The molecule has 0 spiro atoms. The molecule has 0 fully saturated rings. The van der Waals surface area contributed by atoms with Gasteiger partial charge in [0, 0.05) is 4.48 Å². The van der Waals surface area contributed by atoms with Crippen LogP contribution in [0.15, 0.2) is 22.2 Å². The summed E-state index contributed by atoms with van der Waals surface area (Å²) in [6.45, 7) is 1.80. The molecule has 1 rings (SSSR count). The Morgan fingerprint density at radius 1 is 1.25 bits per heavy atom. The van der Waals surface area contributed by atoms with Crippen molar-refractivity contribution in [1.29, 1.82) is 0 Å². The molecule has 0 aromatic carbocycles. The first-order valence-corrected chi connectivity index (χ1v) is 4.45. The lowest BCUT2D eigenvalue weighted by atomic mass is 10.1. The summed E-state index contributed by atoms with van der Waals surface area (Å²) < 4.78 is 0.459. The van der Waals surface area contributed by atoms with Gasteiger partial charge in [0.2, 0.25) is 0 Å². The lowest BCUT2D eigenvalue weighted by molar-refractivity contribution is -0.0103. The Morgan fingerprint density at radius 2 is 1.83 bits per heavy atom. The summed E-state index contributed by atoms with van der Waals surface area (Å²) in [6, 6.07) is 0. The van der Waals surface area contributed by atoms with E-state index in [9.17, 15) is 15.3 Å². The largest absolute Gasteiger partial charge is 0.387 e. The molecule has 0 bridgehead atoms. The van der Waals surface area contributed by atoms with Crippen molar-refractivity contribution in [3.05, 3.63) is 22.2 Å². The molecule has 1 aliphatic carbocycles. The van der Waals surface area contributed by atoms with Gasteiger partial charge in [-0.25, -0.2) is 0 Å². The van der Waals surface area contributed by atoms with E-state index in [1.54, 1.807) is 19.1 Å². The maximum Gasteiger partial charge on any atom is 0.115 e. The number of rotatable bonds is 1. The highest BCUT2D eigenvalue weighted by atomic mass is 79.9. The number of aliphatic hydroxyl groups is 3. The van der Waals surface area contributed by atoms with Gasteiger partial charge in [-0.15, -0.1) is 0 Å². The van der Waals surface area contributed by atoms with Crippen LogP contribution in [0.25, 0.3) is 0 Å². The van der Waals surface area contributed by atoms with Crippen LogP contribution >= 0.6 is 15.9 Å². The zero-order chi connectivity index (χ0) is 9.30. The Hall–Kier alpha value is -0.160. The third kappa shape index (κ3) is 1.47. The molecule has 1 aliphatic rings. The molecular formula is C8H11BrO3. The van der Waals surface area contributed by atoms with Crippen molar-refractivity contribution in [3.63, 3.8) is 0 Å². The van der Waals surface area contributed by atoms with Crippen molar-refractivity contribution in [1.82, 2.24) is 0 Å². The van der Waals surface area contributed by atoms with Gasteiger partial charge in [0.15, 0.2) is 0 Å². The van der Waals surface area contributed by atoms with Gasteiger partial charge < -0.3 is 15.3 Å². The fourth-order valence-electron chi connectivity index (χ4n) is 1.18. The van der Waals surface area contributed by atoms with Crippen LogP contribution in [0.2, 0.25) is 0 Å². The van der Waals surface area contributed by atoms with Gasteiger partial charge in [-0.05, 0) is 12.5 Å². The molecule has 0 saturated carbocycles. The van der Waals surface area contributed by atoms with Crippen molar-refractivity contribution < 1.29 is 15.3 Å². The molecule has 68 valence electrons.